The second-order valence-electron chi connectivity index (χ2n) is 7.37. The van der Waals surface area contributed by atoms with E-state index in [2.05, 4.69) is 25.5 Å². The molecule has 10 heteroatoms. The standard InChI is InChI=1S/C24H20F3N5O2/c1-16-4-2-3-5-21(16)30-23(33)28-14-17-6-8-18(9-7-17)22-29-15-32(31-22)19-10-12-20(13-11-19)34-24(25,26)27/h2-13,15H,14H2,1H3,(H2,28,30,33). The predicted molar refractivity (Wildman–Crippen MR) is 121 cm³/mol. The fraction of sp³-hybridized carbons (Fsp3) is 0.125. The van der Waals surface area contributed by atoms with Gasteiger partial charge in [-0.3, -0.25) is 0 Å². The largest absolute Gasteiger partial charge is 0.573 e. The fourth-order valence-corrected chi connectivity index (χ4v) is 3.15. The van der Waals surface area contributed by atoms with Gasteiger partial charge in [0, 0.05) is 17.8 Å². The lowest BCUT2D eigenvalue weighted by Crippen LogP contribution is -2.28. The molecule has 0 aliphatic rings. The summed E-state index contributed by atoms with van der Waals surface area (Å²) in [7, 11) is 0. The summed E-state index contributed by atoms with van der Waals surface area (Å²) in [5.74, 6) is 0.140. The van der Waals surface area contributed by atoms with Gasteiger partial charge in [-0.25, -0.2) is 14.5 Å². The number of carbonyl (C=O) groups excluding carboxylic acids is 1. The third kappa shape index (κ3) is 5.91. The minimum atomic E-state index is -4.74. The molecule has 1 aromatic heterocycles. The second-order valence-corrected chi connectivity index (χ2v) is 7.37. The molecule has 4 aromatic rings. The van der Waals surface area contributed by atoms with Crippen LogP contribution in [-0.2, 0) is 6.54 Å². The van der Waals surface area contributed by atoms with Gasteiger partial charge in [0.25, 0.3) is 0 Å². The van der Waals surface area contributed by atoms with Crippen LogP contribution in [0.5, 0.6) is 5.75 Å². The molecule has 0 radical (unpaired) electrons. The molecule has 0 spiro atoms. The number of rotatable bonds is 6. The third-order valence-electron chi connectivity index (χ3n) is 4.89. The van der Waals surface area contributed by atoms with E-state index in [9.17, 15) is 18.0 Å². The molecule has 4 rings (SSSR count). The summed E-state index contributed by atoms with van der Waals surface area (Å²) in [5.41, 5.74) is 3.90. The number of nitrogens with one attached hydrogen (secondary N) is 2. The molecular formula is C24H20F3N5O2. The Labute approximate surface area is 193 Å². The molecule has 2 amide bonds. The summed E-state index contributed by atoms with van der Waals surface area (Å²) in [5, 5.41) is 10.0. The van der Waals surface area contributed by atoms with Crippen molar-refractivity contribution in [2.45, 2.75) is 19.8 Å². The normalized spacial score (nSPS) is 11.2. The number of hydrogen-bond donors (Lipinski definition) is 2. The smallest absolute Gasteiger partial charge is 0.406 e. The highest BCUT2D eigenvalue weighted by atomic mass is 19.4. The Bertz CT molecular complexity index is 1270. The summed E-state index contributed by atoms with van der Waals surface area (Å²) < 4.78 is 42.2. The topological polar surface area (TPSA) is 81.1 Å². The molecule has 0 saturated carbocycles. The van der Waals surface area contributed by atoms with Crippen molar-refractivity contribution in [2.24, 2.45) is 0 Å². The van der Waals surface area contributed by atoms with Crippen LogP contribution in [0.3, 0.4) is 0 Å². The van der Waals surface area contributed by atoms with Gasteiger partial charge in [-0.1, -0.05) is 42.5 Å². The summed E-state index contributed by atoms with van der Waals surface area (Å²) >= 11 is 0. The van der Waals surface area contributed by atoms with E-state index < -0.39 is 6.36 Å². The van der Waals surface area contributed by atoms with Crippen LogP contribution in [0.2, 0.25) is 0 Å². The maximum atomic E-state index is 12.3. The lowest BCUT2D eigenvalue weighted by Gasteiger charge is -2.10. The molecular weight excluding hydrogens is 447 g/mol. The van der Waals surface area contributed by atoms with Gasteiger partial charge in [0.15, 0.2) is 5.82 Å². The first-order chi connectivity index (χ1) is 16.3. The summed E-state index contributed by atoms with van der Waals surface area (Å²) in [6, 6.07) is 19.9. The van der Waals surface area contributed by atoms with Crippen LogP contribution in [-0.4, -0.2) is 27.2 Å². The predicted octanol–water partition coefficient (Wildman–Crippen LogP) is 5.46. The SMILES string of the molecule is Cc1ccccc1NC(=O)NCc1ccc(-c2ncn(-c3ccc(OC(F)(F)F)cc3)n2)cc1. The zero-order valence-electron chi connectivity index (χ0n) is 18.0. The van der Waals surface area contributed by atoms with E-state index in [4.69, 9.17) is 0 Å². The van der Waals surface area contributed by atoms with Crippen molar-refractivity contribution >= 4 is 11.7 Å². The van der Waals surface area contributed by atoms with Crippen molar-refractivity contribution in [3.05, 3.63) is 90.3 Å². The fourth-order valence-electron chi connectivity index (χ4n) is 3.15. The lowest BCUT2D eigenvalue weighted by atomic mass is 10.1. The van der Waals surface area contributed by atoms with Gasteiger partial charge in [0.2, 0.25) is 0 Å². The average molecular weight is 467 g/mol. The number of anilines is 1. The number of amides is 2. The number of alkyl halides is 3. The van der Waals surface area contributed by atoms with Crippen molar-refractivity contribution in [2.75, 3.05) is 5.32 Å². The van der Waals surface area contributed by atoms with Crippen molar-refractivity contribution in [1.29, 1.82) is 0 Å². The van der Waals surface area contributed by atoms with Crippen molar-refractivity contribution < 1.29 is 22.7 Å². The quantitative estimate of drug-likeness (QED) is 0.395. The van der Waals surface area contributed by atoms with Gasteiger partial charge in [0.05, 0.1) is 5.69 Å². The molecule has 0 aliphatic carbocycles. The lowest BCUT2D eigenvalue weighted by molar-refractivity contribution is -0.274. The number of para-hydroxylation sites is 1. The highest BCUT2D eigenvalue weighted by Gasteiger charge is 2.31. The monoisotopic (exact) mass is 467 g/mol. The zero-order valence-corrected chi connectivity index (χ0v) is 18.0. The highest BCUT2D eigenvalue weighted by Crippen LogP contribution is 2.24. The molecule has 3 aromatic carbocycles. The van der Waals surface area contributed by atoms with Crippen LogP contribution in [0, 0.1) is 6.92 Å². The van der Waals surface area contributed by atoms with Crippen LogP contribution < -0.4 is 15.4 Å². The molecule has 0 atom stereocenters. The van der Waals surface area contributed by atoms with E-state index in [1.807, 2.05) is 55.5 Å². The Morgan fingerprint density at radius 1 is 1.00 bits per heavy atom. The number of ether oxygens (including phenoxy) is 1. The molecule has 0 saturated heterocycles. The Morgan fingerprint density at radius 2 is 1.71 bits per heavy atom. The van der Waals surface area contributed by atoms with E-state index in [1.165, 1.54) is 35.3 Å². The molecule has 7 nitrogen and oxygen atoms in total. The van der Waals surface area contributed by atoms with Crippen LogP contribution in [0.1, 0.15) is 11.1 Å². The maximum Gasteiger partial charge on any atom is 0.573 e. The summed E-state index contributed by atoms with van der Waals surface area (Å²) in [6.45, 7) is 2.26. The number of nitrogens with zero attached hydrogens (tertiary/aromatic N) is 3. The minimum Gasteiger partial charge on any atom is -0.406 e. The average Bonchev–Trinajstić information content (AvgIpc) is 3.29. The molecule has 2 N–H and O–H groups in total. The van der Waals surface area contributed by atoms with Gasteiger partial charge in [-0.15, -0.1) is 18.3 Å². The summed E-state index contributed by atoms with van der Waals surface area (Å²) in [4.78, 5) is 16.4. The molecule has 0 aliphatic heterocycles. The van der Waals surface area contributed by atoms with E-state index in [1.54, 1.807) is 0 Å². The molecule has 0 fully saturated rings. The zero-order chi connectivity index (χ0) is 24.1. The first-order valence-electron chi connectivity index (χ1n) is 10.2. The number of benzene rings is 3. The Hall–Kier alpha value is -4.34. The maximum absolute atomic E-state index is 12.3. The van der Waals surface area contributed by atoms with Gasteiger partial charge in [-0.05, 0) is 48.4 Å². The second kappa shape index (κ2) is 9.65. The minimum absolute atomic E-state index is 0.301. The number of aryl methyl sites for hydroxylation is 1. The Balaban J connectivity index is 1.35. The van der Waals surface area contributed by atoms with Crippen molar-refractivity contribution in [3.63, 3.8) is 0 Å². The van der Waals surface area contributed by atoms with Gasteiger partial charge < -0.3 is 15.4 Å². The molecule has 0 unspecified atom stereocenters. The third-order valence-corrected chi connectivity index (χ3v) is 4.89. The van der Waals surface area contributed by atoms with Crippen LogP contribution in [0.4, 0.5) is 23.7 Å². The number of halogens is 3. The van der Waals surface area contributed by atoms with Gasteiger partial charge in [0.1, 0.15) is 12.1 Å². The van der Waals surface area contributed by atoms with Crippen LogP contribution in [0.15, 0.2) is 79.1 Å². The summed E-state index contributed by atoms with van der Waals surface area (Å²) in [6.07, 6.45) is -3.27. The number of carbonyl (C=O) groups is 1. The van der Waals surface area contributed by atoms with E-state index in [0.29, 0.717) is 18.1 Å². The van der Waals surface area contributed by atoms with E-state index >= 15 is 0 Å². The molecule has 34 heavy (non-hydrogen) atoms. The van der Waals surface area contributed by atoms with Crippen molar-refractivity contribution in [3.8, 4) is 22.8 Å². The Morgan fingerprint density at radius 3 is 2.38 bits per heavy atom. The Kier molecular flexibility index (Phi) is 6.48. The molecule has 0 bridgehead atoms. The van der Waals surface area contributed by atoms with Gasteiger partial charge in [-0.2, -0.15) is 0 Å². The first kappa shape index (κ1) is 22.8. The van der Waals surface area contributed by atoms with E-state index in [0.717, 1.165) is 22.4 Å². The first-order valence-corrected chi connectivity index (χ1v) is 10.2. The van der Waals surface area contributed by atoms with Crippen LogP contribution >= 0.6 is 0 Å². The molecule has 1 heterocycles. The highest BCUT2D eigenvalue weighted by molar-refractivity contribution is 5.89. The molecule has 174 valence electrons. The van der Waals surface area contributed by atoms with Crippen molar-refractivity contribution in [1.82, 2.24) is 20.1 Å². The van der Waals surface area contributed by atoms with E-state index in [-0.39, 0.29) is 11.8 Å². The number of aromatic nitrogens is 3. The van der Waals surface area contributed by atoms with Gasteiger partial charge >= 0.3 is 12.4 Å². The van der Waals surface area contributed by atoms with Crippen LogP contribution in [0.25, 0.3) is 17.1 Å². The number of hydrogen-bond acceptors (Lipinski definition) is 4. The number of urea groups is 1.